The number of nitrogens with zero attached hydrogens (tertiary/aromatic N) is 3. The minimum absolute atomic E-state index is 0.0764. The van der Waals surface area contributed by atoms with Crippen molar-refractivity contribution in [3.63, 3.8) is 0 Å². The predicted octanol–water partition coefficient (Wildman–Crippen LogP) is 6.62. The summed E-state index contributed by atoms with van der Waals surface area (Å²) < 4.78 is 19.3. The van der Waals surface area contributed by atoms with Crippen molar-refractivity contribution in [3.05, 3.63) is 102 Å². The molecule has 282 valence electrons. The number of fused-ring (bicyclic) bond motifs is 2. The van der Waals surface area contributed by atoms with Crippen LogP contribution < -0.4 is 14.2 Å². The number of aromatic hydroxyl groups is 1. The van der Waals surface area contributed by atoms with Crippen molar-refractivity contribution in [1.29, 1.82) is 0 Å². The lowest BCUT2D eigenvalue weighted by atomic mass is 9.92. The molecule has 1 unspecified atom stereocenters. The molecule has 55 heavy (non-hydrogen) atoms. The van der Waals surface area contributed by atoms with Gasteiger partial charge in [-0.25, -0.2) is 0 Å². The van der Waals surface area contributed by atoms with Gasteiger partial charge in [-0.05, 0) is 85.1 Å². The first-order valence-electron chi connectivity index (χ1n) is 18.5. The first kappa shape index (κ1) is 36.3. The number of benzene rings is 4. The fourth-order valence-corrected chi connectivity index (χ4v) is 8.55. The molecule has 0 spiro atoms. The number of hydrogen-bond donors (Lipinski definition) is 1. The Morgan fingerprint density at radius 3 is 2.36 bits per heavy atom. The van der Waals surface area contributed by atoms with Gasteiger partial charge < -0.3 is 29.1 Å². The Balaban J connectivity index is 0.784. The lowest BCUT2D eigenvalue weighted by Gasteiger charge is -2.34. The van der Waals surface area contributed by atoms with Gasteiger partial charge in [0.05, 0.1) is 17.3 Å². The molecule has 0 bridgehead atoms. The van der Waals surface area contributed by atoms with Crippen molar-refractivity contribution in [2.75, 3.05) is 45.9 Å². The number of piperazine rings is 1. The van der Waals surface area contributed by atoms with Crippen LogP contribution in [-0.2, 0) is 20.9 Å². The van der Waals surface area contributed by atoms with Gasteiger partial charge in [0, 0.05) is 61.3 Å². The number of rotatable bonds is 11. The highest BCUT2D eigenvalue weighted by Crippen LogP contribution is 2.47. The fraction of sp³-hybridized carbons (Fsp3) is 0.302. The second-order valence-corrected chi connectivity index (χ2v) is 15.3. The SMILES string of the molecule is Cc1ccc(-c2sc3cc(O)ccc3c2Oc2ccc(OCCN3CCN(C(=O)COc4ccc5c(c4)CN(C4CCC(=O)CC4=O)C5=O)CC3)cc2)cc1. The van der Waals surface area contributed by atoms with Crippen LogP contribution in [0.15, 0.2) is 84.9 Å². The zero-order chi connectivity index (χ0) is 38.1. The summed E-state index contributed by atoms with van der Waals surface area (Å²) in [6.07, 6.45) is 0.550. The highest BCUT2D eigenvalue weighted by atomic mass is 32.1. The summed E-state index contributed by atoms with van der Waals surface area (Å²) in [6.45, 7) is 6.07. The predicted molar refractivity (Wildman–Crippen MR) is 208 cm³/mol. The number of carbonyl (C=O) groups excluding carboxylic acids is 4. The lowest BCUT2D eigenvalue weighted by molar-refractivity contribution is -0.135. The summed E-state index contributed by atoms with van der Waals surface area (Å²) >= 11 is 1.59. The van der Waals surface area contributed by atoms with Gasteiger partial charge in [0.15, 0.2) is 18.1 Å². The van der Waals surface area contributed by atoms with E-state index in [-0.39, 0.29) is 48.7 Å². The van der Waals surface area contributed by atoms with Crippen molar-refractivity contribution in [3.8, 4) is 39.2 Å². The Labute approximate surface area is 322 Å². The zero-order valence-electron chi connectivity index (χ0n) is 30.5. The van der Waals surface area contributed by atoms with E-state index in [1.165, 1.54) is 5.56 Å². The van der Waals surface area contributed by atoms with Crippen LogP contribution in [0.2, 0.25) is 0 Å². The van der Waals surface area contributed by atoms with E-state index in [9.17, 15) is 24.3 Å². The fourth-order valence-electron chi connectivity index (χ4n) is 7.38. The molecule has 1 atom stereocenters. The minimum Gasteiger partial charge on any atom is -0.508 e. The molecule has 2 aliphatic heterocycles. The third-order valence-electron chi connectivity index (χ3n) is 10.5. The number of hydrogen-bond acceptors (Lipinski definition) is 10. The normalized spacial score (nSPS) is 17.5. The van der Waals surface area contributed by atoms with E-state index in [0.717, 1.165) is 57.2 Å². The third kappa shape index (κ3) is 7.92. The number of phenols is 1. The highest BCUT2D eigenvalue weighted by Gasteiger charge is 2.39. The molecule has 3 aliphatic rings. The molecule has 1 saturated carbocycles. The first-order valence-corrected chi connectivity index (χ1v) is 19.3. The molecule has 1 aromatic heterocycles. The number of phenolic OH excluding ortho intramolecular Hbond substituents is 1. The maximum absolute atomic E-state index is 13.0. The van der Waals surface area contributed by atoms with Gasteiger partial charge in [-0.15, -0.1) is 11.3 Å². The Bertz CT molecular complexity index is 2260. The van der Waals surface area contributed by atoms with E-state index >= 15 is 0 Å². The summed E-state index contributed by atoms with van der Waals surface area (Å²) in [7, 11) is 0. The minimum atomic E-state index is -0.573. The molecular formula is C43H41N3O8S. The molecule has 2 fully saturated rings. The molecule has 1 saturated heterocycles. The second kappa shape index (κ2) is 15.6. The van der Waals surface area contributed by atoms with E-state index in [2.05, 4.69) is 36.1 Å². The smallest absolute Gasteiger partial charge is 0.260 e. The Kier molecular flexibility index (Phi) is 10.3. The molecule has 1 aliphatic carbocycles. The molecule has 12 heteroatoms. The maximum Gasteiger partial charge on any atom is 0.260 e. The van der Waals surface area contributed by atoms with Gasteiger partial charge in [0.1, 0.15) is 35.4 Å². The number of amides is 2. The average Bonchev–Trinajstić information content (AvgIpc) is 3.70. The average molecular weight is 760 g/mol. The third-order valence-corrected chi connectivity index (χ3v) is 11.7. The number of ether oxygens (including phenoxy) is 3. The summed E-state index contributed by atoms with van der Waals surface area (Å²) in [5, 5.41) is 11.0. The van der Waals surface area contributed by atoms with Crippen molar-refractivity contribution < 1.29 is 38.5 Å². The van der Waals surface area contributed by atoms with E-state index in [4.69, 9.17) is 14.2 Å². The van der Waals surface area contributed by atoms with Gasteiger partial charge in [-0.1, -0.05) is 29.8 Å². The van der Waals surface area contributed by atoms with E-state index in [0.29, 0.717) is 49.6 Å². The quantitative estimate of drug-likeness (QED) is 0.148. The van der Waals surface area contributed by atoms with Gasteiger partial charge >= 0.3 is 0 Å². The van der Waals surface area contributed by atoms with E-state index in [1.54, 1.807) is 51.5 Å². The van der Waals surface area contributed by atoms with Crippen LogP contribution in [0.5, 0.6) is 28.7 Å². The van der Waals surface area contributed by atoms with Crippen LogP contribution in [0.3, 0.4) is 0 Å². The molecule has 3 heterocycles. The van der Waals surface area contributed by atoms with Crippen molar-refractivity contribution in [1.82, 2.24) is 14.7 Å². The van der Waals surface area contributed by atoms with Crippen molar-refractivity contribution in [2.24, 2.45) is 0 Å². The monoisotopic (exact) mass is 759 g/mol. The Morgan fingerprint density at radius 1 is 0.855 bits per heavy atom. The number of carbonyl (C=O) groups is 4. The number of Topliss-reactive ketones (excluding diaryl/α,β-unsaturated/α-hetero) is 2. The van der Waals surface area contributed by atoms with Crippen LogP contribution in [0.4, 0.5) is 0 Å². The highest BCUT2D eigenvalue weighted by molar-refractivity contribution is 7.22. The molecule has 2 amide bonds. The Hall–Kier alpha value is -5.72. The molecule has 4 aromatic carbocycles. The number of thiophene rings is 1. The van der Waals surface area contributed by atoms with Gasteiger partial charge in [-0.2, -0.15) is 0 Å². The lowest BCUT2D eigenvalue weighted by Crippen LogP contribution is -2.50. The summed E-state index contributed by atoms with van der Waals surface area (Å²) in [5.41, 5.74) is 3.51. The number of ketones is 2. The molecular weight excluding hydrogens is 719 g/mol. The van der Waals surface area contributed by atoms with Crippen LogP contribution in [-0.4, -0.2) is 95.2 Å². The van der Waals surface area contributed by atoms with Crippen molar-refractivity contribution >= 4 is 44.8 Å². The largest absolute Gasteiger partial charge is 0.508 e. The topological polar surface area (TPSA) is 126 Å². The maximum atomic E-state index is 13.0. The molecule has 8 rings (SSSR count). The summed E-state index contributed by atoms with van der Waals surface area (Å²) in [4.78, 5) is 56.7. The molecule has 11 nitrogen and oxygen atoms in total. The van der Waals surface area contributed by atoms with Crippen molar-refractivity contribution in [2.45, 2.75) is 38.8 Å². The first-order chi connectivity index (χ1) is 26.7. The standard InChI is InChI=1S/C43H41N3O8S/c1-27-2-4-28(5-3-27)42-41(36-13-6-31(48)24-39(36)55-42)54-33-10-8-32(9-11-33)52-21-20-44-16-18-45(19-17-44)40(50)26-53-34-12-14-35-29(22-34)25-46(43(35)51)37-15-7-30(47)23-38(37)49/h2-6,8-14,22,24,37,48H,7,15-21,23,25-26H2,1H3. The molecule has 5 aromatic rings. The van der Waals surface area contributed by atoms with Crippen LogP contribution in [0.25, 0.3) is 20.5 Å². The Morgan fingerprint density at radius 2 is 1.60 bits per heavy atom. The van der Waals surface area contributed by atoms with Gasteiger partial charge in [0.25, 0.3) is 11.8 Å². The van der Waals surface area contributed by atoms with Gasteiger partial charge in [0.2, 0.25) is 0 Å². The van der Waals surface area contributed by atoms with E-state index in [1.807, 2.05) is 30.3 Å². The molecule has 0 radical (unpaired) electrons. The van der Waals surface area contributed by atoms with Crippen LogP contribution >= 0.6 is 11.3 Å². The summed E-state index contributed by atoms with van der Waals surface area (Å²) in [5.74, 6) is 2.29. The zero-order valence-corrected chi connectivity index (χ0v) is 31.3. The molecule has 1 N–H and O–H groups in total. The summed E-state index contributed by atoms with van der Waals surface area (Å²) in [6, 6.07) is 25.8. The van der Waals surface area contributed by atoms with E-state index < -0.39 is 6.04 Å². The second-order valence-electron chi connectivity index (χ2n) is 14.2. The van der Waals surface area contributed by atoms with Crippen LogP contribution in [0, 0.1) is 6.92 Å². The number of aryl methyl sites for hydroxylation is 1. The van der Waals surface area contributed by atoms with Gasteiger partial charge in [-0.3, -0.25) is 24.1 Å². The van der Waals surface area contributed by atoms with Crippen LogP contribution in [0.1, 0.15) is 40.7 Å².